The quantitative estimate of drug-likeness (QED) is 0.663. The van der Waals surface area contributed by atoms with E-state index in [4.69, 9.17) is 9.84 Å². The molecule has 3 N–H and O–H groups in total. The summed E-state index contributed by atoms with van der Waals surface area (Å²) < 4.78 is 5.43. The number of carboxylic acids is 1. The van der Waals surface area contributed by atoms with E-state index in [-0.39, 0.29) is 36.9 Å². The molecule has 0 spiro atoms. The number of ether oxygens (including phenoxy) is 1. The van der Waals surface area contributed by atoms with E-state index in [2.05, 4.69) is 22.8 Å². The van der Waals surface area contributed by atoms with E-state index in [1.165, 1.54) is 0 Å². The molecular formula is C24H26N2O5. The fraction of sp³-hybridized carbons (Fsp3) is 0.375. The molecule has 0 aliphatic heterocycles. The highest BCUT2D eigenvalue weighted by molar-refractivity contribution is 5.82. The summed E-state index contributed by atoms with van der Waals surface area (Å²) in [6, 6.07) is 16.1. The first kappa shape index (κ1) is 20.9. The van der Waals surface area contributed by atoms with Crippen LogP contribution in [-0.2, 0) is 14.3 Å². The maximum atomic E-state index is 12.2. The van der Waals surface area contributed by atoms with Crippen molar-refractivity contribution in [1.82, 2.24) is 10.6 Å². The molecule has 7 nitrogen and oxygen atoms in total. The Balaban J connectivity index is 1.24. The standard InChI is InChI=1S/C24H26N2O5/c27-22(26-16-11-9-15(10-12-16)23(28)29)13-25-24(30)31-14-21-19-7-3-1-5-17(19)18-6-2-4-8-20(18)21/h1-8,15-16,21H,9-14H2,(H,25,30)(H,26,27)(H,28,29). The maximum Gasteiger partial charge on any atom is 0.407 e. The number of nitrogens with one attached hydrogen (secondary N) is 2. The van der Waals surface area contributed by atoms with E-state index < -0.39 is 12.1 Å². The molecule has 0 aromatic heterocycles. The van der Waals surface area contributed by atoms with Gasteiger partial charge in [0, 0.05) is 12.0 Å². The number of hydrogen-bond donors (Lipinski definition) is 3. The largest absolute Gasteiger partial charge is 0.481 e. The lowest BCUT2D eigenvalue weighted by Crippen LogP contribution is -2.44. The van der Waals surface area contributed by atoms with Gasteiger partial charge in [-0.25, -0.2) is 4.79 Å². The lowest BCUT2D eigenvalue weighted by Gasteiger charge is -2.26. The number of benzene rings is 2. The molecular weight excluding hydrogens is 396 g/mol. The number of aliphatic carboxylic acids is 1. The fourth-order valence-electron chi connectivity index (χ4n) is 4.57. The Morgan fingerprint density at radius 1 is 0.903 bits per heavy atom. The molecule has 0 heterocycles. The minimum Gasteiger partial charge on any atom is -0.481 e. The van der Waals surface area contributed by atoms with Crippen molar-refractivity contribution in [3.63, 3.8) is 0 Å². The summed E-state index contributed by atoms with van der Waals surface area (Å²) in [5, 5.41) is 14.4. The van der Waals surface area contributed by atoms with Crippen LogP contribution in [0, 0.1) is 5.92 Å². The third kappa shape index (κ3) is 4.71. The molecule has 4 rings (SSSR count). The van der Waals surface area contributed by atoms with E-state index in [1.807, 2.05) is 36.4 Å². The van der Waals surface area contributed by atoms with Crippen LogP contribution in [0.5, 0.6) is 0 Å². The first-order valence-corrected chi connectivity index (χ1v) is 10.6. The zero-order valence-corrected chi connectivity index (χ0v) is 17.2. The summed E-state index contributed by atoms with van der Waals surface area (Å²) >= 11 is 0. The molecule has 0 saturated heterocycles. The van der Waals surface area contributed by atoms with Gasteiger partial charge in [0.1, 0.15) is 13.2 Å². The van der Waals surface area contributed by atoms with Crippen molar-refractivity contribution >= 4 is 18.0 Å². The van der Waals surface area contributed by atoms with Gasteiger partial charge < -0.3 is 20.5 Å². The van der Waals surface area contributed by atoms with Gasteiger partial charge in [-0.3, -0.25) is 9.59 Å². The van der Waals surface area contributed by atoms with E-state index >= 15 is 0 Å². The number of carbonyl (C=O) groups is 3. The van der Waals surface area contributed by atoms with Gasteiger partial charge in [-0.15, -0.1) is 0 Å². The van der Waals surface area contributed by atoms with Crippen LogP contribution < -0.4 is 10.6 Å². The van der Waals surface area contributed by atoms with Crippen molar-refractivity contribution < 1.29 is 24.2 Å². The summed E-state index contributed by atoms with van der Waals surface area (Å²) in [6.07, 6.45) is 1.74. The van der Waals surface area contributed by atoms with Crippen molar-refractivity contribution in [3.05, 3.63) is 59.7 Å². The minimum absolute atomic E-state index is 0.0311. The van der Waals surface area contributed by atoms with Gasteiger partial charge in [0.25, 0.3) is 0 Å². The van der Waals surface area contributed by atoms with Crippen LogP contribution in [0.25, 0.3) is 11.1 Å². The number of hydrogen-bond acceptors (Lipinski definition) is 4. The van der Waals surface area contributed by atoms with Crippen LogP contribution in [0.1, 0.15) is 42.7 Å². The number of carbonyl (C=O) groups excluding carboxylic acids is 2. The molecule has 0 radical (unpaired) electrons. The molecule has 2 aromatic carbocycles. The highest BCUT2D eigenvalue weighted by Crippen LogP contribution is 2.44. The summed E-state index contributed by atoms with van der Waals surface area (Å²) in [7, 11) is 0. The third-order valence-electron chi connectivity index (χ3n) is 6.18. The molecule has 0 bridgehead atoms. The SMILES string of the molecule is O=C(CNC(=O)OCC1c2ccccc2-c2ccccc21)NC1CCC(C(=O)O)CC1. The Kier molecular flexibility index (Phi) is 6.21. The Bertz CT molecular complexity index is 936. The van der Waals surface area contributed by atoms with Gasteiger partial charge in [0.15, 0.2) is 0 Å². The molecule has 162 valence electrons. The first-order valence-electron chi connectivity index (χ1n) is 10.6. The highest BCUT2D eigenvalue weighted by Gasteiger charge is 2.29. The number of carboxylic acid groups (broad SMARTS) is 1. The third-order valence-corrected chi connectivity index (χ3v) is 6.18. The monoisotopic (exact) mass is 422 g/mol. The second kappa shape index (κ2) is 9.20. The zero-order chi connectivity index (χ0) is 21.8. The van der Waals surface area contributed by atoms with Crippen LogP contribution in [-0.4, -0.2) is 42.3 Å². The number of rotatable bonds is 6. The highest BCUT2D eigenvalue weighted by atomic mass is 16.5. The molecule has 7 heteroatoms. The molecule has 0 unspecified atom stereocenters. The Morgan fingerprint density at radius 2 is 1.48 bits per heavy atom. The molecule has 1 saturated carbocycles. The zero-order valence-electron chi connectivity index (χ0n) is 17.2. The smallest absolute Gasteiger partial charge is 0.407 e. The number of alkyl carbamates (subject to hydrolysis) is 1. The van der Waals surface area contributed by atoms with Crippen molar-refractivity contribution in [2.45, 2.75) is 37.6 Å². The predicted octanol–water partition coefficient (Wildman–Crippen LogP) is 3.28. The average Bonchev–Trinajstić information content (AvgIpc) is 3.10. The molecule has 2 amide bonds. The van der Waals surface area contributed by atoms with E-state index in [1.54, 1.807) is 0 Å². The van der Waals surface area contributed by atoms with Gasteiger partial charge in [-0.1, -0.05) is 48.5 Å². The molecule has 0 atom stereocenters. The molecule has 2 aliphatic carbocycles. The minimum atomic E-state index is -0.776. The van der Waals surface area contributed by atoms with Crippen molar-refractivity contribution in [2.24, 2.45) is 5.92 Å². The van der Waals surface area contributed by atoms with Crippen LogP contribution in [0.3, 0.4) is 0 Å². The van der Waals surface area contributed by atoms with Crippen molar-refractivity contribution in [2.75, 3.05) is 13.2 Å². The van der Waals surface area contributed by atoms with Crippen molar-refractivity contribution in [3.8, 4) is 11.1 Å². The molecule has 2 aromatic rings. The first-order chi connectivity index (χ1) is 15.0. The summed E-state index contributed by atoms with van der Waals surface area (Å²) in [6.45, 7) is 0.0240. The average molecular weight is 422 g/mol. The lowest BCUT2D eigenvalue weighted by molar-refractivity contribution is -0.142. The second-order valence-electron chi connectivity index (χ2n) is 8.13. The lowest BCUT2D eigenvalue weighted by atomic mass is 9.86. The number of amides is 2. The fourth-order valence-corrected chi connectivity index (χ4v) is 4.57. The van der Waals surface area contributed by atoms with E-state index in [0.717, 1.165) is 22.3 Å². The summed E-state index contributed by atoms with van der Waals surface area (Å²) in [4.78, 5) is 35.3. The van der Waals surface area contributed by atoms with Crippen molar-refractivity contribution in [1.29, 1.82) is 0 Å². The number of fused-ring (bicyclic) bond motifs is 3. The van der Waals surface area contributed by atoms with Crippen LogP contribution >= 0.6 is 0 Å². The molecule has 31 heavy (non-hydrogen) atoms. The van der Waals surface area contributed by atoms with E-state index in [9.17, 15) is 14.4 Å². The van der Waals surface area contributed by atoms with Crippen LogP contribution in [0.4, 0.5) is 4.79 Å². The van der Waals surface area contributed by atoms with Gasteiger partial charge in [0.2, 0.25) is 5.91 Å². The summed E-state index contributed by atoms with van der Waals surface area (Å²) in [5.41, 5.74) is 4.57. The van der Waals surface area contributed by atoms with Gasteiger partial charge >= 0.3 is 12.1 Å². The van der Waals surface area contributed by atoms with Crippen LogP contribution in [0.2, 0.25) is 0 Å². The normalized spacial score (nSPS) is 19.7. The Morgan fingerprint density at radius 3 is 2.06 bits per heavy atom. The van der Waals surface area contributed by atoms with Gasteiger partial charge in [-0.2, -0.15) is 0 Å². The Labute approximate surface area is 180 Å². The topological polar surface area (TPSA) is 105 Å². The maximum absolute atomic E-state index is 12.2. The predicted molar refractivity (Wildman–Crippen MR) is 115 cm³/mol. The second-order valence-corrected chi connectivity index (χ2v) is 8.13. The van der Waals surface area contributed by atoms with Gasteiger partial charge in [0.05, 0.1) is 5.92 Å². The summed E-state index contributed by atoms with van der Waals surface area (Å²) in [5.74, 6) is -1.43. The van der Waals surface area contributed by atoms with Crippen LogP contribution in [0.15, 0.2) is 48.5 Å². The van der Waals surface area contributed by atoms with E-state index in [0.29, 0.717) is 25.7 Å². The molecule has 1 fully saturated rings. The van der Waals surface area contributed by atoms with Gasteiger partial charge in [-0.05, 0) is 47.9 Å². The molecule has 2 aliphatic rings. The Hall–Kier alpha value is -3.35.